The predicted octanol–water partition coefficient (Wildman–Crippen LogP) is 30.3. The molecule has 0 saturated heterocycles. The molecular weight excluding hydrogens is 1610 g/mol. The van der Waals surface area contributed by atoms with Crippen LogP contribution in [-0.2, 0) is 0 Å². The van der Waals surface area contributed by atoms with Crippen molar-refractivity contribution >= 4 is 191 Å². The molecule has 12 nitrogen and oxygen atoms in total. The van der Waals surface area contributed by atoms with E-state index < -0.39 is 0 Å². The number of nitrogens with zero attached hydrogens (tertiary/aromatic N) is 12. The van der Waals surface area contributed by atoms with E-state index in [1.54, 1.807) is 0 Å². The van der Waals surface area contributed by atoms with Gasteiger partial charge in [0.2, 0.25) is 0 Å². The third kappa shape index (κ3) is 10.4. The second kappa shape index (κ2) is 28.4. The normalized spacial score (nSPS) is 11.9. The number of para-hydroxylation sites is 9. The molecule has 12 heteroatoms. The number of benzene rings is 20. The summed E-state index contributed by atoms with van der Waals surface area (Å²) in [7, 11) is 0. The lowest BCUT2D eigenvalue weighted by atomic mass is 9.94. The molecule has 7 aromatic heterocycles. The molecule has 0 spiro atoms. The Balaban J connectivity index is 0.627. The summed E-state index contributed by atoms with van der Waals surface area (Å²) in [6, 6.07) is 156. The smallest absolute Gasteiger partial charge is 0.101 e. The lowest BCUT2D eigenvalue weighted by Gasteiger charge is -2.25. The molecule has 0 saturated carbocycles. The van der Waals surface area contributed by atoms with Gasteiger partial charge in [0.1, 0.15) is 24.3 Å². The van der Waals surface area contributed by atoms with Crippen molar-refractivity contribution in [3.8, 4) is 75.2 Å². The van der Waals surface area contributed by atoms with Gasteiger partial charge in [0.15, 0.2) is 0 Å². The zero-order valence-corrected chi connectivity index (χ0v) is 70.6. The summed E-state index contributed by atoms with van der Waals surface area (Å²) in [5.74, 6) is 0. The first-order valence-electron chi connectivity index (χ1n) is 44.3. The minimum atomic E-state index is 0.405. The van der Waals surface area contributed by atoms with Gasteiger partial charge in [0.25, 0.3) is 0 Å². The van der Waals surface area contributed by atoms with Crippen molar-refractivity contribution in [3.05, 3.63) is 435 Å². The number of aromatic nitrogens is 7. The zero-order valence-electron chi connectivity index (χ0n) is 70.6. The Hall–Kier alpha value is -18.7. The van der Waals surface area contributed by atoms with Gasteiger partial charge in [0, 0.05) is 110 Å². The molecule has 0 atom stereocenters. The van der Waals surface area contributed by atoms with Crippen LogP contribution >= 0.6 is 0 Å². The molecule has 132 heavy (non-hydrogen) atoms. The van der Waals surface area contributed by atoms with Crippen LogP contribution in [0.4, 0.5) is 17.1 Å². The molecule has 27 rings (SSSR count). The molecule has 0 unspecified atom stereocenters. The van der Waals surface area contributed by atoms with Crippen molar-refractivity contribution in [1.29, 1.82) is 21.0 Å². The van der Waals surface area contributed by atoms with E-state index in [0.29, 0.717) is 45.0 Å². The summed E-state index contributed by atoms with van der Waals surface area (Å²) in [5, 5.41) is 66.2. The van der Waals surface area contributed by atoms with Crippen LogP contribution in [0.1, 0.15) is 22.3 Å². The summed E-state index contributed by atoms with van der Waals surface area (Å²) in [6.45, 7) is 0. The number of hydrogen-bond acceptors (Lipinski definition) is 5. The second-order valence-electron chi connectivity index (χ2n) is 34.2. The van der Waals surface area contributed by atoms with E-state index >= 15 is 0 Å². The lowest BCUT2D eigenvalue weighted by Crippen LogP contribution is -2.09. The van der Waals surface area contributed by atoms with Crippen LogP contribution in [-0.4, -0.2) is 32.0 Å². The molecule has 0 radical (unpaired) electrons. The van der Waals surface area contributed by atoms with Crippen LogP contribution in [0, 0.1) is 45.3 Å². The first-order chi connectivity index (χ1) is 65.4. The minimum absolute atomic E-state index is 0.405. The largest absolute Gasteiger partial charge is 0.310 e. The first kappa shape index (κ1) is 73.6. The fraction of sp³-hybridized carbons (Fsp3) is 0. The molecule has 0 aliphatic rings. The minimum Gasteiger partial charge on any atom is -0.310 e. The van der Waals surface area contributed by atoms with Crippen molar-refractivity contribution in [2.24, 2.45) is 0 Å². The summed E-state index contributed by atoms with van der Waals surface area (Å²) in [4.78, 5) is 2.29. The maximum absolute atomic E-state index is 12.0. The van der Waals surface area contributed by atoms with Gasteiger partial charge in [-0.05, 0) is 209 Å². The van der Waals surface area contributed by atoms with Gasteiger partial charge in [-0.15, -0.1) is 0 Å². The summed E-state index contributed by atoms with van der Waals surface area (Å²) < 4.78 is 15.9. The summed E-state index contributed by atoms with van der Waals surface area (Å²) in [5.41, 5.74) is 25.8. The number of rotatable bonds is 11. The van der Waals surface area contributed by atoms with Gasteiger partial charge in [0.05, 0.1) is 122 Å². The highest BCUT2D eigenvalue weighted by atomic mass is 15.1. The van der Waals surface area contributed by atoms with Gasteiger partial charge in [-0.1, -0.05) is 237 Å². The maximum atomic E-state index is 12.0. The van der Waals surface area contributed by atoms with E-state index in [4.69, 9.17) is 0 Å². The highest BCUT2D eigenvalue weighted by Gasteiger charge is 2.31. The third-order valence-corrected chi connectivity index (χ3v) is 27.6. The lowest BCUT2D eigenvalue weighted by molar-refractivity contribution is 1.12. The number of nitriles is 4. The average molecular weight is 1680 g/mol. The fourth-order valence-electron chi connectivity index (χ4n) is 22.2. The molecule has 20 aromatic carbocycles. The topological polar surface area (TPSA) is 133 Å². The predicted molar refractivity (Wildman–Crippen MR) is 541 cm³/mol. The van der Waals surface area contributed by atoms with Crippen LogP contribution < -0.4 is 4.90 Å². The Kier molecular flexibility index (Phi) is 15.8. The Morgan fingerprint density at radius 1 is 0.182 bits per heavy atom. The number of hydrogen-bond donors (Lipinski definition) is 0. The van der Waals surface area contributed by atoms with Crippen LogP contribution in [0.25, 0.3) is 225 Å². The Labute approximate surface area is 754 Å². The summed E-state index contributed by atoms with van der Waals surface area (Å²) in [6.07, 6.45) is 0. The monoisotopic (exact) mass is 1680 g/mol. The Bertz CT molecular complexity index is 9880. The van der Waals surface area contributed by atoms with Crippen LogP contribution in [0.3, 0.4) is 0 Å². The van der Waals surface area contributed by atoms with Crippen LogP contribution in [0.5, 0.6) is 0 Å². The van der Waals surface area contributed by atoms with Crippen molar-refractivity contribution < 1.29 is 0 Å². The highest BCUT2D eigenvalue weighted by Crippen LogP contribution is 2.51. The van der Waals surface area contributed by atoms with Crippen LogP contribution in [0.15, 0.2) is 413 Å². The molecule has 0 N–H and O–H groups in total. The van der Waals surface area contributed by atoms with E-state index in [1.807, 2.05) is 60.7 Å². The molecule has 0 fully saturated rings. The van der Waals surface area contributed by atoms with Gasteiger partial charge in [-0.3, -0.25) is 0 Å². The average Bonchev–Trinajstić information content (AvgIpc) is 1.56. The fourth-order valence-corrected chi connectivity index (χ4v) is 22.2. The van der Waals surface area contributed by atoms with E-state index in [0.717, 1.165) is 219 Å². The van der Waals surface area contributed by atoms with Gasteiger partial charge in [-0.25, -0.2) is 0 Å². The molecule has 27 aromatic rings. The molecule has 0 aliphatic heterocycles. The van der Waals surface area contributed by atoms with Crippen molar-refractivity contribution in [3.63, 3.8) is 0 Å². The SMILES string of the molecule is N#Cc1cc(-n2c3ccccc3c3c2ccc2c4ccccc4n(-c4ccccc4)c23)c(C#N)cc1-n1c2ccc(-n3c4ccccc4c4cc(-c5cccc6c5ccc5c6c6cc(N(c7ccccc7)c7ccccc7)ccc6n5-c5cc(C#N)c(-n6c7ccccc7c7ccc8c(c9ccccc9n8-c8ccccc8)c76)cc5C#N)ccc43)cc2c2c3ccccc3ccc21. The molecule has 0 amide bonds. The van der Waals surface area contributed by atoms with Gasteiger partial charge >= 0.3 is 0 Å². The number of fused-ring (bicyclic) bond motifs is 27. The molecular formula is C120H68N12. The zero-order chi connectivity index (χ0) is 87.2. The second-order valence-corrected chi connectivity index (χ2v) is 34.2. The van der Waals surface area contributed by atoms with E-state index in [9.17, 15) is 21.0 Å². The van der Waals surface area contributed by atoms with Crippen molar-refractivity contribution in [1.82, 2.24) is 32.0 Å². The van der Waals surface area contributed by atoms with E-state index in [1.165, 1.54) is 0 Å². The van der Waals surface area contributed by atoms with Gasteiger partial charge < -0.3 is 36.9 Å². The number of anilines is 3. The highest BCUT2D eigenvalue weighted by molar-refractivity contribution is 6.30. The Morgan fingerprint density at radius 2 is 0.538 bits per heavy atom. The maximum Gasteiger partial charge on any atom is 0.101 e. The van der Waals surface area contributed by atoms with Crippen molar-refractivity contribution in [2.75, 3.05) is 4.90 Å². The molecule has 0 bridgehead atoms. The standard InChI is InChI=1S/C120H68N12/c121-69-75-64-112(76(70-122)63-111(75)129-103-47-24-19-40-95(103)118-110(129)61-54-92-88-36-15-21-44-100(88)128(119(92)118)82-33-11-4-12-34-82)130-105-58-51-84(68-97(105)115-86-35-14-13-26-73(86)48-56-107(115)130)127-99-43-20-17-38-90(99)96-62-74(49-55-104(96)127)85-41-25-42-91-87(85)52-59-108-116(91)98-67-83(125(79-27-5-1-6-28-79)80-29-7-2-8-30-80)50-57-106(98)131(108)113-65-78(72-124)114(66-77(113)71-123)132-101-45-22-16-37-89(101)93-53-60-109-117(120(93)132)94-39-18-23-46-102(94)126(109)81-31-9-3-10-32-81/h1-68H. The molecule has 0 aliphatic carbocycles. The van der Waals surface area contributed by atoms with Crippen LogP contribution in [0.2, 0.25) is 0 Å². The van der Waals surface area contributed by atoms with Crippen molar-refractivity contribution in [2.45, 2.75) is 0 Å². The molecule has 608 valence electrons. The quantitative estimate of drug-likeness (QED) is 0.127. The van der Waals surface area contributed by atoms with Gasteiger partial charge in [-0.2, -0.15) is 21.0 Å². The summed E-state index contributed by atoms with van der Waals surface area (Å²) >= 11 is 0. The first-order valence-corrected chi connectivity index (χ1v) is 44.3. The Morgan fingerprint density at radius 3 is 1.09 bits per heavy atom. The van der Waals surface area contributed by atoms with E-state index in [-0.39, 0.29) is 0 Å². The third-order valence-electron chi connectivity index (χ3n) is 27.6. The molecule has 7 heterocycles. The van der Waals surface area contributed by atoms with E-state index in [2.05, 4.69) is 413 Å².